The highest BCUT2D eigenvalue weighted by atomic mass is 16.6. The molecule has 2 heterocycles. The zero-order chi connectivity index (χ0) is 26.2. The van der Waals surface area contributed by atoms with Crippen LogP contribution < -0.4 is 10.1 Å². The van der Waals surface area contributed by atoms with Gasteiger partial charge < -0.3 is 24.1 Å². The van der Waals surface area contributed by atoms with Gasteiger partial charge in [-0.1, -0.05) is 24.3 Å². The second-order valence-electron chi connectivity index (χ2n) is 8.06. The van der Waals surface area contributed by atoms with Crippen LogP contribution in [0.1, 0.15) is 11.3 Å². The van der Waals surface area contributed by atoms with Gasteiger partial charge in [0.25, 0.3) is 11.6 Å². The summed E-state index contributed by atoms with van der Waals surface area (Å²) >= 11 is 0. The summed E-state index contributed by atoms with van der Waals surface area (Å²) < 4.78 is 15.9. The van der Waals surface area contributed by atoms with E-state index in [2.05, 4.69) is 5.32 Å². The molecule has 4 rings (SSSR count). The quantitative estimate of drug-likeness (QED) is 0.181. The Hall–Kier alpha value is -4.93. The number of likely N-dealkylation sites (tertiary alicyclic amines) is 1. The first-order valence-electron chi connectivity index (χ1n) is 11.3. The molecule has 1 fully saturated rings. The van der Waals surface area contributed by atoms with Crippen molar-refractivity contribution < 1.29 is 33.2 Å². The summed E-state index contributed by atoms with van der Waals surface area (Å²) in [5.41, 5.74) is 0.487. The molecule has 1 aliphatic rings. The summed E-state index contributed by atoms with van der Waals surface area (Å²) in [6.45, 7) is -0.728. The van der Waals surface area contributed by atoms with Gasteiger partial charge in [-0.15, -0.1) is 0 Å². The SMILES string of the molecule is O=C(COc1ccccc1)N[C@@H]1C(=O)N(CC(=O)OCc2ccc([N+](=O)[O-])cc2)[C@@H]1/C=C/c1ccco1. The van der Waals surface area contributed by atoms with Crippen molar-refractivity contribution in [2.45, 2.75) is 18.7 Å². The Labute approximate surface area is 211 Å². The number of carbonyl (C=O) groups is 3. The lowest BCUT2D eigenvalue weighted by molar-refractivity contribution is -0.384. The normalized spacial score (nSPS) is 16.8. The van der Waals surface area contributed by atoms with E-state index in [1.54, 1.807) is 48.6 Å². The molecule has 2 aromatic carbocycles. The highest BCUT2D eigenvalue weighted by molar-refractivity contribution is 5.96. The number of rotatable bonds is 11. The Balaban J connectivity index is 1.35. The minimum absolute atomic E-state index is 0.0744. The van der Waals surface area contributed by atoms with Crippen LogP contribution in [0.4, 0.5) is 5.69 Å². The van der Waals surface area contributed by atoms with Crippen molar-refractivity contribution in [3.05, 3.63) is 101 Å². The Morgan fingerprint density at radius 3 is 2.51 bits per heavy atom. The predicted octanol–water partition coefficient (Wildman–Crippen LogP) is 2.72. The largest absolute Gasteiger partial charge is 0.484 e. The van der Waals surface area contributed by atoms with E-state index < -0.39 is 34.8 Å². The van der Waals surface area contributed by atoms with Crippen molar-refractivity contribution in [3.8, 4) is 5.75 Å². The maximum atomic E-state index is 12.8. The van der Waals surface area contributed by atoms with Gasteiger partial charge in [0.05, 0.1) is 17.2 Å². The first-order chi connectivity index (χ1) is 17.9. The lowest BCUT2D eigenvalue weighted by Gasteiger charge is -2.45. The van der Waals surface area contributed by atoms with Gasteiger partial charge in [-0.3, -0.25) is 24.5 Å². The molecule has 1 aromatic heterocycles. The van der Waals surface area contributed by atoms with Gasteiger partial charge in [0.15, 0.2) is 6.61 Å². The van der Waals surface area contributed by atoms with E-state index in [9.17, 15) is 24.5 Å². The van der Waals surface area contributed by atoms with Gasteiger partial charge >= 0.3 is 5.97 Å². The van der Waals surface area contributed by atoms with E-state index in [-0.39, 0.29) is 25.4 Å². The molecule has 2 amide bonds. The molecule has 2 atom stereocenters. The van der Waals surface area contributed by atoms with Crippen molar-refractivity contribution >= 4 is 29.5 Å². The average Bonchev–Trinajstić information content (AvgIpc) is 3.43. The number of amides is 2. The maximum Gasteiger partial charge on any atom is 0.326 e. The molecule has 190 valence electrons. The number of esters is 1. The van der Waals surface area contributed by atoms with Crippen LogP contribution in [0.15, 0.2) is 83.5 Å². The Kier molecular flexibility index (Phi) is 7.94. The number of nitro benzene ring substituents is 1. The Bertz CT molecular complexity index is 1270. The first-order valence-corrected chi connectivity index (χ1v) is 11.3. The molecule has 3 aromatic rings. The highest BCUT2D eigenvalue weighted by Gasteiger charge is 2.47. The van der Waals surface area contributed by atoms with Crippen molar-refractivity contribution in [2.24, 2.45) is 0 Å². The minimum atomic E-state index is -0.888. The van der Waals surface area contributed by atoms with Gasteiger partial charge in [-0.05, 0) is 48.0 Å². The van der Waals surface area contributed by atoms with Crippen LogP contribution in [-0.4, -0.2) is 52.8 Å². The molecular weight excluding hydrogens is 482 g/mol. The first kappa shape index (κ1) is 25.2. The fourth-order valence-electron chi connectivity index (χ4n) is 3.64. The number of nitrogens with zero attached hydrogens (tertiary/aromatic N) is 2. The van der Waals surface area contributed by atoms with Gasteiger partial charge in [0, 0.05) is 12.1 Å². The van der Waals surface area contributed by atoms with E-state index >= 15 is 0 Å². The Morgan fingerprint density at radius 2 is 1.84 bits per heavy atom. The molecule has 1 aliphatic heterocycles. The number of non-ortho nitro benzene ring substituents is 1. The molecule has 11 heteroatoms. The number of hydrogen-bond donors (Lipinski definition) is 1. The number of benzene rings is 2. The number of para-hydroxylation sites is 1. The molecular formula is C26H23N3O8. The fraction of sp³-hybridized carbons (Fsp3) is 0.192. The average molecular weight is 505 g/mol. The summed E-state index contributed by atoms with van der Waals surface area (Å²) in [6, 6.07) is 16.3. The lowest BCUT2D eigenvalue weighted by atomic mass is 9.94. The van der Waals surface area contributed by atoms with Gasteiger partial charge in [-0.25, -0.2) is 0 Å². The molecule has 0 radical (unpaired) electrons. The molecule has 0 bridgehead atoms. The number of β-lactam (4-membered cyclic amide) rings is 1. The number of hydrogen-bond acceptors (Lipinski definition) is 8. The summed E-state index contributed by atoms with van der Waals surface area (Å²) in [7, 11) is 0. The summed E-state index contributed by atoms with van der Waals surface area (Å²) in [4.78, 5) is 49.2. The fourth-order valence-corrected chi connectivity index (χ4v) is 3.64. The van der Waals surface area contributed by atoms with Crippen LogP contribution in [0, 0.1) is 10.1 Å². The van der Waals surface area contributed by atoms with Crippen LogP contribution in [-0.2, 0) is 25.7 Å². The maximum absolute atomic E-state index is 12.8. The Morgan fingerprint density at radius 1 is 1.08 bits per heavy atom. The summed E-state index contributed by atoms with van der Waals surface area (Å²) in [5, 5.41) is 13.4. The minimum Gasteiger partial charge on any atom is -0.484 e. The van der Waals surface area contributed by atoms with Crippen LogP contribution in [0.2, 0.25) is 0 Å². The van der Waals surface area contributed by atoms with Crippen molar-refractivity contribution in [1.82, 2.24) is 10.2 Å². The van der Waals surface area contributed by atoms with Crippen molar-refractivity contribution in [3.63, 3.8) is 0 Å². The molecule has 0 unspecified atom stereocenters. The molecule has 37 heavy (non-hydrogen) atoms. The van der Waals surface area contributed by atoms with E-state index in [0.29, 0.717) is 17.1 Å². The van der Waals surface area contributed by atoms with Gasteiger partial charge in [0.1, 0.15) is 30.7 Å². The molecule has 11 nitrogen and oxygen atoms in total. The zero-order valence-electron chi connectivity index (χ0n) is 19.5. The van der Waals surface area contributed by atoms with E-state index in [4.69, 9.17) is 13.9 Å². The second-order valence-corrected chi connectivity index (χ2v) is 8.06. The number of furan rings is 1. The van der Waals surface area contributed by atoms with Crippen LogP contribution in [0.3, 0.4) is 0 Å². The van der Waals surface area contributed by atoms with Crippen molar-refractivity contribution in [1.29, 1.82) is 0 Å². The third-order valence-corrected chi connectivity index (χ3v) is 5.53. The van der Waals surface area contributed by atoms with E-state index in [0.717, 1.165) is 0 Å². The highest BCUT2D eigenvalue weighted by Crippen LogP contribution is 2.23. The number of ether oxygens (including phenoxy) is 2. The van der Waals surface area contributed by atoms with Crippen LogP contribution in [0.5, 0.6) is 5.75 Å². The second kappa shape index (κ2) is 11.7. The van der Waals surface area contributed by atoms with Crippen LogP contribution >= 0.6 is 0 Å². The lowest BCUT2D eigenvalue weighted by Crippen LogP contribution is -2.71. The van der Waals surface area contributed by atoms with Crippen LogP contribution in [0.25, 0.3) is 6.08 Å². The van der Waals surface area contributed by atoms with Gasteiger partial charge in [0.2, 0.25) is 5.91 Å². The standard InChI is InChI=1S/C26H23N3O8/c30-23(17-36-20-5-2-1-3-6-20)27-25-22(13-12-21-7-4-14-35-21)28(26(25)32)15-24(31)37-16-18-8-10-19(11-9-18)29(33)34/h1-14,22,25H,15-17H2,(H,27,30)/b13-12+/t22-,25+/m1/s1. The smallest absolute Gasteiger partial charge is 0.326 e. The zero-order valence-corrected chi connectivity index (χ0v) is 19.5. The molecule has 0 saturated carbocycles. The number of nitrogens with one attached hydrogen (secondary N) is 1. The topological polar surface area (TPSA) is 141 Å². The monoisotopic (exact) mass is 505 g/mol. The summed E-state index contributed by atoms with van der Waals surface area (Å²) in [5.74, 6) is -0.546. The third kappa shape index (κ3) is 6.60. The molecule has 0 aliphatic carbocycles. The summed E-state index contributed by atoms with van der Waals surface area (Å²) in [6.07, 6.45) is 4.80. The number of carbonyl (C=O) groups excluding carboxylic acids is 3. The van der Waals surface area contributed by atoms with Crippen molar-refractivity contribution in [2.75, 3.05) is 13.2 Å². The molecule has 1 saturated heterocycles. The number of nitro groups is 1. The van der Waals surface area contributed by atoms with Gasteiger partial charge in [-0.2, -0.15) is 0 Å². The third-order valence-electron chi connectivity index (χ3n) is 5.53. The van der Waals surface area contributed by atoms with E-state index in [1.165, 1.54) is 35.4 Å². The van der Waals surface area contributed by atoms with E-state index in [1.807, 2.05) is 6.07 Å². The molecule has 0 spiro atoms. The molecule has 1 N–H and O–H groups in total. The predicted molar refractivity (Wildman–Crippen MR) is 130 cm³/mol.